The fourth-order valence-corrected chi connectivity index (χ4v) is 4.66. The van der Waals surface area contributed by atoms with Crippen LogP contribution in [-0.2, 0) is 19.6 Å². The molecule has 2 aliphatic rings. The van der Waals surface area contributed by atoms with E-state index in [9.17, 15) is 18.0 Å². The van der Waals surface area contributed by atoms with E-state index in [0.29, 0.717) is 44.6 Å². The molecule has 1 N–H and O–H groups in total. The maximum absolute atomic E-state index is 12.7. The van der Waals surface area contributed by atoms with Crippen molar-refractivity contribution in [3.8, 4) is 0 Å². The van der Waals surface area contributed by atoms with Crippen LogP contribution in [-0.4, -0.2) is 49.9 Å². The molecule has 0 bridgehead atoms. The summed E-state index contributed by atoms with van der Waals surface area (Å²) in [6.45, 7) is 3.05. The van der Waals surface area contributed by atoms with Crippen LogP contribution in [0.15, 0.2) is 24.3 Å². The number of carbonyl (C=O) groups excluding carboxylic acids is 2. The molecule has 3 rings (SSSR count). The smallest absolute Gasteiger partial charge is 0.227 e. The van der Waals surface area contributed by atoms with Crippen LogP contribution in [0.25, 0.3) is 0 Å². The van der Waals surface area contributed by atoms with E-state index in [0.717, 1.165) is 12.1 Å². The third kappa shape index (κ3) is 3.91. The van der Waals surface area contributed by atoms with Gasteiger partial charge in [-0.15, -0.1) is 0 Å². The molecule has 2 fully saturated rings. The summed E-state index contributed by atoms with van der Waals surface area (Å²) < 4.78 is 25.3. The Morgan fingerprint density at radius 1 is 1.19 bits per heavy atom. The fraction of sp³-hybridized carbons (Fsp3) is 0.556. The first kappa shape index (κ1) is 18.8. The summed E-state index contributed by atoms with van der Waals surface area (Å²) in [6.07, 6.45) is 2.38. The van der Waals surface area contributed by atoms with Crippen LogP contribution in [0.2, 0.25) is 0 Å². The van der Waals surface area contributed by atoms with Gasteiger partial charge in [0, 0.05) is 32.0 Å². The van der Waals surface area contributed by atoms with E-state index < -0.39 is 10.0 Å². The Bertz CT molecular complexity index is 785. The zero-order valence-electron chi connectivity index (χ0n) is 15.0. The molecule has 0 spiro atoms. The summed E-state index contributed by atoms with van der Waals surface area (Å²) in [4.78, 5) is 26.4. The number of nitrogens with zero attached hydrogens (tertiary/aromatic N) is 2. The van der Waals surface area contributed by atoms with Crippen molar-refractivity contribution in [3.63, 3.8) is 0 Å². The second-order valence-electron chi connectivity index (χ2n) is 6.73. The number of carbonyl (C=O) groups is 2. The van der Waals surface area contributed by atoms with Crippen molar-refractivity contribution in [2.75, 3.05) is 35.6 Å². The van der Waals surface area contributed by atoms with E-state index in [-0.39, 0.29) is 23.5 Å². The lowest BCUT2D eigenvalue weighted by molar-refractivity contribution is -0.121. The quantitative estimate of drug-likeness (QED) is 0.845. The zero-order chi connectivity index (χ0) is 18.7. The first-order valence-electron chi connectivity index (χ1n) is 9.10. The minimum absolute atomic E-state index is 0.0739. The highest BCUT2D eigenvalue weighted by atomic mass is 32.2. The van der Waals surface area contributed by atoms with Gasteiger partial charge in [0.1, 0.15) is 0 Å². The van der Waals surface area contributed by atoms with Crippen molar-refractivity contribution < 1.29 is 18.0 Å². The topological polar surface area (TPSA) is 86.8 Å². The van der Waals surface area contributed by atoms with Crippen molar-refractivity contribution >= 4 is 33.2 Å². The molecular weight excluding hydrogens is 354 g/mol. The molecule has 142 valence electrons. The minimum Gasteiger partial charge on any atom is -0.324 e. The lowest BCUT2D eigenvalue weighted by Gasteiger charge is -2.30. The monoisotopic (exact) mass is 379 g/mol. The van der Waals surface area contributed by atoms with Crippen molar-refractivity contribution in [2.24, 2.45) is 5.92 Å². The van der Waals surface area contributed by atoms with Gasteiger partial charge in [0.2, 0.25) is 21.8 Å². The molecule has 7 nitrogen and oxygen atoms in total. The third-order valence-corrected chi connectivity index (χ3v) is 6.99. The SMILES string of the molecule is CCS(=O)(=O)N1CCC(C(=O)Nc2ccccc2N2CCCC2=O)CC1. The first-order valence-corrected chi connectivity index (χ1v) is 10.7. The Morgan fingerprint density at radius 3 is 2.50 bits per heavy atom. The van der Waals surface area contributed by atoms with Crippen LogP contribution in [0.3, 0.4) is 0 Å². The predicted octanol–water partition coefficient (Wildman–Crippen LogP) is 1.81. The predicted molar refractivity (Wildman–Crippen MR) is 100 cm³/mol. The summed E-state index contributed by atoms with van der Waals surface area (Å²) >= 11 is 0. The number of anilines is 2. The Morgan fingerprint density at radius 2 is 1.88 bits per heavy atom. The molecule has 0 radical (unpaired) electrons. The van der Waals surface area contributed by atoms with Gasteiger partial charge in [0.25, 0.3) is 0 Å². The summed E-state index contributed by atoms with van der Waals surface area (Å²) in [7, 11) is -3.20. The number of sulfonamides is 1. The molecule has 0 aliphatic carbocycles. The zero-order valence-corrected chi connectivity index (χ0v) is 15.8. The molecule has 1 aromatic rings. The van der Waals surface area contributed by atoms with Gasteiger partial charge in [0.05, 0.1) is 17.1 Å². The van der Waals surface area contributed by atoms with Gasteiger partial charge in [-0.25, -0.2) is 12.7 Å². The maximum Gasteiger partial charge on any atom is 0.227 e. The Kier molecular flexibility index (Phi) is 5.62. The molecule has 0 saturated carbocycles. The van der Waals surface area contributed by atoms with Gasteiger partial charge in [-0.2, -0.15) is 0 Å². The Balaban J connectivity index is 1.66. The van der Waals surface area contributed by atoms with Crippen LogP contribution >= 0.6 is 0 Å². The lowest BCUT2D eigenvalue weighted by atomic mass is 9.97. The van der Waals surface area contributed by atoms with Crippen LogP contribution in [0.1, 0.15) is 32.6 Å². The number of amides is 2. The number of piperidine rings is 1. The van der Waals surface area contributed by atoms with Gasteiger partial charge in [-0.3, -0.25) is 9.59 Å². The second kappa shape index (κ2) is 7.75. The first-order chi connectivity index (χ1) is 12.4. The highest BCUT2D eigenvalue weighted by Crippen LogP contribution is 2.30. The summed E-state index contributed by atoms with van der Waals surface area (Å²) in [6, 6.07) is 7.32. The number of hydrogen-bond acceptors (Lipinski definition) is 4. The molecule has 0 unspecified atom stereocenters. The van der Waals surface area contributed by atoms with Crippen molar-refractivity contribution in [1.29, 1.82) is 0 Å². The van der Waals surface area contributed by atoms with Crippen LogP contribution in [0.4, 0.5) is 11.4 Å². The Labute approximate surface area is 154 Å². The number of benzene rings is 1. The van der Waals surface area contributed by atoms with E-state index in [1.807, 2.05) is 18.2 Å². The molecule has 8 heteroatoms. The van der Waals surface area contributed by atoms with Gasteiger partial charge in [0.15, 0.2) is 0 Å². The van der Waals surface area contributed by atoms with E-state index in [1.165, 1.54) is 4.31 Å². The van der Waals surface area contributed by atoms with Crippen LogP contribution < -0.4 is 10.2 Å². The van der Waals surface area contributed by atoms with Crippen molar-refractivity contribution in [2.45, 2.75) is 32.6 Å². The van der Waals surface area contributed by atoms with Crippen LogP contribution in [0, 0.1) is 5.92 Å². The van der Waals surface area contributed by atoms with Gasteiger partial charge in [-0.05, 0) is 38.3 Å². The maximum atomic E-state index is 12.7. The highest BCUT2D eigenvalue weighted by molar-refractivity contribution is 7.89. The van der Waals surface area contributed by atoms with E-state index in [4.69, 9.17) is 0 Å². The summed E-state index contributed by atoms with van der Waals surface area (Å²) in [5.41, 5.74) is 1.37. The average Bonchev–Trinajstić information content (AvgIpc) is 3.08. The van der Waals surface area contributed by atoms with Gasteiger partial charge >= 0.3 is 0 Å². The van der Waals surface area contributed by atoms with Crippen LogP contribution in [0.5, 0.6) is 0 Å². The molecule has 2 heterocycles. The van der Waals surface area contributed by atoms with Crippen molar-refractivity contribution in [1.82, 2.24) is 4.31 Å². The summed E-state index contributed by atoms with van der Waals surface area (Å²) in [5.74, 6) is -0.177. The molecule has 0 aromatic heterocycles. The molecule has 2 aliphatic heterocycles. The van der Waals surface area contributed by atoms with E-state index in [2.05, 4.69) is 5.32 Å². The fourth-order valence-electron chi connectivity index (χ4n) is 3.53. The van der Waals surface area contributed by atoms with Gasteiger partial charge < -0.3 is 10.2 Å². The molecule has 2 saturated heterocycles. The molecule has 2 amide bonds. The Hall–Kier alpha value is -1.93. The number of nitrogens with one attached hydrogen (secondary N) is 1. The van der Waals surface area contributed by atoms with E-state index >= 15 is 0 Å². The van der Waals surface area contributed by atoms with Gasteiger partial charge in [-0.1, -0.05) is 12.1 Å². The number of rotatable bonds is 5. The number of para-hydroxylation sites is 2. The summed E-state index contributed by atoms with van der Waals surface area (Å²) in [5, 5.41) is 2.94. The molecular formula is C18H25N3O4S. The highest BCUT2D eigenvalue weighted by Gasteiger charge is 2.31. The number of hydrogen-bond donors (Lipinski definition) is 1. The molecule has 26 heavy (non-hydrogen) atoms. The van der Waals surface area contributed by atoms with Crippen molar-refractivity contribution in [3.05, 3.63) is 24.3 Å². The largest absolute Gasteiger partial charge is 0.324 e. The average molecular weight is 379 g/mol. The standard InChI is InChI=1S/C18H25N3O4S/c1-2-26(24,25)20-12-9-14(10-13-20)18(23)19-15-6-3-4-7-16(15)21-11-5-8-17(21)22/h3-4,6-7,14H,2,5,8-13H2,1H3,(H,19,23). The molecule has 0 atom stereocenters. The normalized spacial score (nSPS) is 19.7. The lowest BCUT2D eigenvalue weighted by Crippen LogP contribution is -2.42. The second-order valence-corrected chi connectivity index (χ2v) is 8.99. The third-order valence-electron chi connectivity index (χ3n) is 5.11. The molecule has 1 aromatic carbocycles. The van der Waals surface area contributed by atoms with E-state index in [1.54, 1.807) is 17.9 Å². The minimum atomic E-state index is -3.20.